The first kappa shape index (κ1) is 12.6. The van der Waals surface area contributed by atoms with Crippen molar-refractivity contribution >= 4 is 0 Å². The molecule has 100 valence electrons. The smallest absolute Gasteiger partial charge is 0.169 e. The third kappa shape index (κ3) is 2.13. The van der Waals surface area contributed by atoms with Crippen LogP contribution in [0.5, 0.6) is 0 Å². The number of nitriles is 1. The lowest BCUT2D eigenvalue weighted by Crippen LogP contribution is -2.42. The molecular formula is C15H18N2O2. The van der Waals surface area contributed by atoms with Crippen LogP contribution in [0.25, 0.3) is 0 Å². The summed E-state index contributed by atoms with van der Waals surface area (Å²) < 4.78 is 11.7. The second kappa shape index (κ2) is 4.59. The summed E-state index contributed by atoms with van der Waals surface area (Å²) in [6.45, 7) is 2.68. The molecule has 0 bridgehead atoms. The zero-order valence-electron chi connectivity index (χ0n) is 11.1. The van der Waals surface area contributed by atoms with Crippen LogP contribution in [0, 0.1) is 11.3 Å². The van der Waals surface area contributed by atoms with E-state index in [4.69, 9.17) is 9.47 Å². The molecule has 1 aliphatic carbocycles. The van der Waals surface area contributed by atoms with Crippen LogP contribution in [-0.4, -0.2) is 23.5 Å². The average molecular weight is 258 g/mol. The minimum Gasteiger partial charge on any atom is -0.347 e. The zero-order chi connectivity index (χ0) is 13.3. The molecule has 1 aromatic rings. The summed E-state index contributed by atoms with van der Waals surface area (Å²) in [7, 11) is 0. The van der Waals surface area contributed by atoms with Gasteiger partial charge in [0, 0.05) is 19.0 Å². The van der Waals surface area contributed by atoms with Crippen LogP contribution >= 0.6 is 0 Å². The van der Waals surface area contributed by atoms with Crippen molar-refractivity contribution in [2.45, 2.75) is 49.9 Å². The lowest BCUT2D eigenvalue weighted by atomic mass is 9.70. The molecule has 2 heterocycles. The van der Waals surface area contributed by atoms with Crippen molar-refractivity contribution in [1.82, 2.24) is 4.98 Å². The van der Waals surface area contributed by atoms with Gasteiger partial charge in [0.15, 0.2) is 5.79 Å². The maximum Gasteiger partial charge on any atom is 0.169 e. The standard InChI is InChI=1S/C15H18N2O2/c1-12-10-18-15(19-12)7-5-14(11-16,6-8-15)13-4-2-3-9-17-13/h2-4,9,12H,5-8,10H2,1H3. The van der Waals surface area contributed by atoms with Gasteiger partial charge in [-0.25, -0.2) is 0 Å². The minimum absolute atomic E-state index is 0.157. The van der Waals surface area contributed by atoms with Crippen LogP contribution in [0.2, 0.25) is 0 Å². The van der Waals surface area contributed by atoms with Crippen LogP contribution in [-0.2, 0) is 14.9 Å². The third-order valence-electron chi connectivity index (χ3n) is 4.23. The lowest BCUT2D eigenvalue weighted by molar-refractivity contribution is -0.190. The number of rotatable bonds is 1. The Balaban J connectivity index is 1.80. The van der Waals surface area contributed by atoms with Gasteiger partial charge in [-0.2, -0.15) is 5.26 Å². The molecule has 0 amide bonds. The fraction of sp³-hybridized carbons (Fsp3) is 0.600. The SMILES string of the molecule is CC1COC2(CCC(C#N)(c3ccccn3)CC2)O1. The molecule has 1 unspecified atom stereocenters. The highest BCUT2D eigenvalue weighted by atomic mass is 16.7. The fourth-order valence-corrected chi connectivity index (χ4v) is 3.09. The number of hydrogen-bond acceptors (Lipinski definition) is 4. The summed E-state index contributed by atoms with van der Waals surface area (Å²) in [5.41, 5.74) is 0.392. The van der Waals surface area contributed by atoms with Crippen molar-refractivity contribution in [2.75, 3.05) is 6.61 Å². The molecule has 4 heteroatoms. The Labute approximate surface area is 113 Å². The van der Waals surface area contributed by atoms with E-state index >= 15 is 0 Å². The van der Waals surface area contributed by atoms with Gasteiger partial charge in [0.1, 0.15) is 0 Å². The summed E-state index contributed by atoms with van der Waals surface area (Å²) in [6, 6.07) is 8.24. The Kier molecular flexibility index (Phi) is 3.04. The average Bonchev–Trinajstić information content (AvgIpc) is 2.83. The van der Waals surface area contributed by atoms with Gasteiger partial charge in [0.25, 0.3) is 0 Å². The van der Waals surface area contributed by atoms with Crippen LogP contribution in [0.1, 0.15) is 38.3 Å². The maximum atomic E-state index is 9.61. The fourth-order valence-electron chi connectivity index (χ4n) is 3.09. The Morgan fingerprint density at radius 1 is 1.32 bits per heavy atom. The first-order valence-corrected chi connectivity index (χ1v) is 6.83. The van der Waals surface area contributed by atoms with Crippen molar-refractivity contribution in [2.24, 2.45) is 0 Å². The molecule has 4 nitrogen and oxygen atoms in total. The highest BCUT2D eigenvalue weighted by Crippen LogP contribution is 2.46. The predicted molar refractivity (Wildman–Crippen MR) is 69.2 cm³/mol. The van der Waals surface area contributed by atoms with E-state index in [9.17, 15) is 5.26 Å². The molecule has 2 aliphatic rings. The van der Waals surface area contributed by atoms with Crippen molar-refractivity contribution in [3.8, 4) is 6.07 Å². The van der Waals surface area contributed by atoms with E-state index in [1.54, 1.807) is 6.20 Å². The maximum absolute atomic E-state index is 9.61. The summed E-state index contributed by atoms with van der Waals surface area (Å²) >= 11 is 0. The van der Waals surface area contributed by atoms with Gasteiger partial charge in [-0.3, -0.25) is 4.98 Å². The van der Waals surface area contributed by atoms with Gasteiger partial charge in [-0.15, -0.1) is 0 Å². The Morgan fingerprint density at radius 2 is 2.11 bits per heavy atom. The molecule has 19 heavy (non-hydrogen) atoms. The van der Waals surface area contributed by atoms with E-state index in [0.29, 0.717) is 6.61 Å². The summed E-state index contributed by atoms with van der Waals surface area (Å²) in [6.07, 6.45) is 4.93. The number of hydrogen-bond donors (Lipinski definition) is 0. The molecule has 0 N–H and O–H groups in total. The highest BCUT2D eigenvalue weighted by molar-refractivity contribution is 5.27. The number of pyridine rings is 1. The van der Waals surface area contributed by atoms with E-state index in [1.807, 2.05) is 25.1 Å². The second-order valence-corrected chi connectivity index (χ2v) is 5.56. The Morgan fingerprint density at radius 3 is 2.63 bits per heavy atom. The van der Waals surface area contributed by atoms with Gasteiger partial charge in [-0.05, 0) is 31.9 Å². The number of nitrogens with zero attached hydrogens (tertiary/aromatic N) is 2. The molecule has 1 spiro atoms. The minimum atomic E-state index is -0.481. The summed E-state index contributed by atoms with van der Waals surface area (Å²) in [4.78, 5) is 4.37. The van der Waals surface area contributed by atoms with Gasteiger partial charge < -0.3 is 9.47 Å². The van der Waals surface area contributed by atoms with E-state index in [2.05, 4.69) is 11.1 Å². The molecule has 2 fully saturated rings. The lowest BCUT2D eigenvalue weighted by Gasteiger charge is -2.39. The molecule has 1 aromatic heterocycles. The predicted octanol–water partition coefficient (Wildman–Crippen LogP) is 2.55. The van der Waals surface area contributed by atoms with Crippen LogP contribution in [0.4, 0.5) is 0 Å². The Bertz CT molecular complexity index is 487. The zero-order valence-corrected chi connectivity index (χ0v) is 11.1. The second-order valence-electron chi connectivity index (χ2n) is 5.56. The molecule has 0 aromatic carbocycles. The normalized spacial score (nSPS) is 38.2. The van der Waals surface area contributed by atoms with Gasteiger partial charge in [-0.1, -0.05) is 6.07 Å². The van der Waals surface area contributed by atoms with Crippen molar-refractivity contribution in [1.29, 1.82) is 5.26 Å². The largest absolute Gasteiger partial charge is 0.347 e. The molecule has 0 radical (unpaired) electrons. The molecule has 1 saturated carbocycles. The number of aromatic nitrogens is 1. The topological polar surface area (TPSA) is 55.1 Å². The van der Waals surface area contributed by atoms with Gasteiger partial charge in [0.2, 0.25) is 0 Å². The monoisotopic (exact) mass is 258 g/mol. The van der Waals surface area contributed by atoms with Crippen LogP contribution < -0.4 is 0 Å². The van der Waals surface area contributed by atoms with Gasteiger partial charge >= 0.3 is 0 Å². The molecule has 1 atom stereocenters. The van der Waals surface area contributed by atoms with Crippen LogP contribution in [0.3, 0.4) is 0 Å². The molecule has 1 aliphatic heterocycles. The quantitative estimate of drug-likeness (QED) is 0.776. The van der Waals surface area contributed by atoms with E-state index in [-0.39, 0.29) is 6.10 Å². The first-order chi connectivity index (χ1) is 9.18. The molecule has 3 rings (SSSR count). The number of ether oxygens (including phenoxy) is 2. The molecular weight excluding hydrogens is 240 g/mol. The van der Waals surface area contributed by atoms with Gasteiger partial charge in [0.05, 0.1) is 29.9 Å². The third-order valence-corrected chi connectivity index (χ3v) is 4.23. The van der Waals surface area contributed by atoms with E-state index in [1.165, 1.54) is 0 Å². The van der Waals surface area contributed by atoms with E-state index in [0.717, 1.165) is 31.4 Å². The molecule has 1 saturated heterocycles. The van der Waals surface area contributed by atoms with E-state index < -0.39 is 11.2 Å². The van der Waals surface area contributed by atoms with Crippen LogP contribution in [0.15, 0.2) is 24.4 Å². The van der Waals surface area contributed by atoms with Crippen molar-refractivity contribution in [3.63, 3.8) is 0 Å². The summed E-state index contributed by atoms with van der Waals surface area (Å²) in [5.74, 6) is -0.450. The Hall–Kier alpha value is -1.44. The highest BCUT2D eigenvalue weighted by Gasteiger charge is 2.49. The summed E-state index contributed by atoms with van der Waals surface area (Å²) in [5, 5.41) is 9.61. The van der Waals surface area contributed by atoms with Crippen molar-refractivity contribution in [3.05, 3.63) is 30.1 Å². The first-order valence-electron chi connectivity index (χ1n) is 6.83. The van der Waals surface area contributed by atoms with Crippen molar-refractivity contribution < 1.29 is 9.47 Å².